The summed E-state index contributed by atoms with van der Waals surface area (Å²) in [7, 11) is 1.65. The summed E-state index contributed by atoms with van der Waals surface area (Å²) in [6.07, 6.45) is 4.77. The van der Waals surface area contributed by atoms with Crippen LogP contribution in [0, 0.1) is 0 Å². The number of hydrogen-bond acceptors (Lipinski definition) is 5. The standard InChI is InChI=1S/C21H20N4O2S/c1-27-17-7-5-15(6-8-17)18-14-28-21(24-18)10-9-20(26)23-13-19-22-12-16-4-2-3-11-25(16)19/h2-8,11-12,14H,9-10,13H2,1H3,(H,23,26). The molecule has 3 aromatic heterocycles. The molecular weight excluding hydrogens is 372 g/mol. The second kappa shape index (κ2) is 8.22. The Labute approximate surface area is 166 Å². The van der Waals surface area contributed by atoms with Crippen LogP contribution < -0.4 is 10.1 Å². The number of carbonyl (C=O) groups excluding carboxylic acids is 1. The van der Waals surface area contributed by atoms with E-state index in [1.54, 1.807) is 24.6 Å². The number of rotatable bonds is 7. The first-order valence-electron chi connectivity index (χ1n) is 8.99. The molecule has 0 radical (unpaired) electrons. The van der Waals surface area contributed by atoms with Gasteiger partial charge in [0.05, 0.1) is 36.1 Å². The van der Waals surface area contributed by atoms with Crippen molar-refractivity contribution in [1.82, 2.24) is 19.7 Å². The maximum Gasteiger partial charge on any atom is 0.220 e. The molecule has 0 bridgehead atoms. The van der Waals surface area contributed by atoms with Gasteiger partial charge in [-0.05, 0) is 36.4 Å². The molecule has 3 heterocycles. The number of fused-ring (bicyclic) bond motifs is 1. The lowest BCUT2D eigenvalue weighted by Crippen LogP contribution is -2.24. The van der Waals surface area contributed by atoms with Gasteiger partial charge in [-0.1, -0.05) is 6.07 Å². The monoisotopic (exact) mass is 392 g/mol. The Morgan fingerprint density at radius 1 is 1.21 bits per heavy atom. The average molecular weight is 392 g/mol. The van der Waals surface area contributed by atoms with Gasteiger partial charge in [-0.15, -0.1) is 11.3 Å². The molecular formula is C21H20N4O2S. The fourth-order valence-electron chi connectivity index (χ4n) is 2.94. The number of nitrogens with one attached hydrogen (secondary N) is 1. The molecule has 1 amide bonds. The van der Waals surface area contributed by atoms with E-state index in [0.717, 1.165) is 33.4 Å². The largest absolute Gasteiger partial charge is 0.497 e. The molecule has 0 unspecified atom stereocenters. The molecule has 28 heavy (non-hydrogen) atoms. The Balaban J connectivity index is 1.30. The molecule has 0 fully saturated rings. The van der Waals surface area contributed by atoms with Crippen LogP contribution in [0.4, 0.5) is 0 Å². The predicted molar refractivity (Wildman–Crippen MR) is 109 cm³/mol. The van der Waals surface area contributed by atoms with Crippen molar-refractivity contribution in [3.63, 3.8) is 0 Å². The zero-order valence-corrected chi connectivity index (χ0v) is 16.3. The van der Waals surface area contributed by atoms with Crippen LogP contribution in [0.25, 0.3) is 16.8 Å². The summed E-state index contributed by atoms with van der Waals surface area (Å²) in [4.78, 5) is 21.2. The van der Waals surface area contributed by atoms with Gasteiger partial charge in [0, 0.05) is 30.0 Å². The Morgan fingerprint density at radius 2 is 2.07 bits per heavy atom. The molecule has 0 spiro atoms. The van der Waals surface area contributed by atoms with Crippen molar-refractivity contribution in [1.29, 1.82) is 0 Å². The minimum Gasteiger partial charge on any atom is -0.497 e. The van der Waals surface area contributed by atoms with Crippen LogP contribution >= 0.6 is 11.3 Å². The third kappa shape index (κ3) is 4.04. The summed E-state index contributed by atoms with van der Waals surface area (Å²) in [5.74, 6) is 1.63. The van der Waals surface area contributed by atoms with E-state index in [4.69, 9.17) is 4.74 Å². The minimum absolute atomic E-state index is 0.00567. The molecule has 0 aliphatic heterocycles. The number of benzene rings is 1. The molecule has 4 aromatic rings. The number of thiazole rings is 1. The summed E-state index contributed by atoms with van der Waals surface area (Å²) in [5, 5.41) is 5.91. The van der Waals surface area contributed by atoms with Gasteiger partial charge in [0.2, 0.25) is 5.91 Å². The van der Waals surface area contributed by atoms with Crippen molar-refractivity contribution in [2.24, 2.45) is 0 Å². The van der Waals surface area contributed by atoms with Crippen LogP contribution in [-0.4, -0.2) is 27.4 Å². The van der Waals surface area contributed by atoms with E-state index < -0.39 is 0 Å². The van der Waals surface area contributed by atoms with E-state index in [1.807, 2.05) is 58.4 Å². The lowest BCUT2D eigenvalue weighted by Gasteiger charge is -2.04. The second-order valence-electron chi connectivity index (χ2n) is 6.30. The molecule has 7 heteroatoms. The molecule has 1 N–H and O–H groups in total. The number of amides is 1. The lowest BCUT2D eigenvalue weighted by molar-refractivity contribution is -0.121. The first-order chi connectivity index (χ1) is 13.7. The van der Waals surface area contributed by atoms with Gasteiger partial charge in [-0.3, -0.25) is 4.79 Å². The molecule has 142 valence electrons. The summed E-state index contributed by atoms with van der Waals surface area (Å²) < 4.78 is 7.15. The first kappa shape index (κ1) is 18.2. The van der Waals surface area contributed by atoms with E-state index in [9.17, 15) is 4.79 Å². The van der Waals surface area contributed by atoms with Gasteiger partial charge in [0.15, 0.2) is 0 Å². The highest BCUT2D eigenvalue weighted by atomic mass is 32.1. The quantitative estimate of drug-likeness (QED) is 0.521. The normalized spacial score (nSPS) is 10.9. The molecule has 0 atom stereocenters. The van der Waals surface area contributed by atoms with Crippen molar-refractivity contribution >= 4 is 22.8 Å². The summed E-state index contributed by atoms with van der Waals surface area (Å²) in [6, 6.07) is 13.7. The number of aromatic nitrogens is 3. The van der Waals surface area contributed by atoms with Crippen LogP contribution in [0.1, 0.15) is 17.3 Å². The van der Waals surface area contributed by atoms with Crippen LogP contribution in [-0.2, 0) is 17.8 Å². The van der Waals surface area contributed by atoms with Gasteiger partial charge >= 0.3 is 0 Å². The smallest absolute Gasteiger partial charge is 0.220 e. The highest BCUT2D eigenvalue weighted by Gasteiger charge is 2.09. The fourth-order valence-corrected chi connectivity index (χ4v) is 3.74. The number of aryl methyl sites for hydroxylation is 1. The lowest BCUT2D eigenvalue weighted by atomic mass is 10.2. The fraction of sp³-hybridized carbons (Fsp3) is 0.190. The van der Waals surface area contributed by atoms with Crippen molar-refractivity contribution in [2.75, 3.05) is 7.11 Å². The van der Waals surface area contributed by atoms with E-state index in [1.165, 1.54) is 0 Å². The molecule has 1 aromatic carbocycles. The number of imidazole rings is 1. The van der Waals surface area contributed by atoms with Crippen molar-refractivity contribution in [3.05, 3.63) is 71.1 Å². The van der Waals surface area contributed by atoms with Crippen molar-refractivity contribution < 1.29 is 9.53 Å². The summed E-state index contributed by atoms with van der Waals surface area (Å²) in [5.41, 5.74) is 2.98. The van der Waals surface area contributed by atoms with Crippen LogP contribution in [0.2, 0.25) is 0 Å². The van der Waals surface area contributed by atoms with Crippen LogP contribution in [0.5, 0.6) is 5.75 Å². The summed E-state index contributed by atoms with van der Waals surface area (Å²) in [6.45, 7) is 0.409. The molecule has 0 saturated carbocycles. The number of methoxy groups -OCH3 is 1. The molecule has 0 aliphatic rings. The number of hydrogen-bond donors (Lipinski definition) is 1. The van der Waals surface area contributed by atoms with E-state index in [0.29, 0.717) is 19.4 Å². The van der Waals surface area contributed by atoms with Gasteiger partial charge in [0.25, 0.3) is 0 Å². The Hall–Kier alpha value is -3.19. The predicted octanol–water partition coefficient (Wildman–Crippen LogP) is 3.72. The number of carbonyl (C=O) groups is 1. The van der Waals surface area contributed by atoms with Gasteiger partial charge in [-0.25, -0.2) is 9.97 Å². The highest BCUT2D eigenvalue weighted by molar-refractivity contribution is 7.09. The third-order valence-corrected chi connectivity index (χ3v) is 5.37. The Morgan fingerprint density at radius 3 is 2.89 bits per heavy atom. The molecule has 6 nitrogen and oxygen atoms in total. The zero-order chi connectivity index (χ0) is 19.3. The molecule has 4 rings (SSSR count). The van der Waals surface area contributed by atoms with Gasteiger partial charge < -0.3 is 14.5 Å². The highest BCUT2D eigenvalue weighted by Crippen LogP contribution is 2.24. The van der Waals surface area contributed by atoms with E-state index in [-0.39, 0.29) is 5.91 Å². The maximum absolute atomic E-state index is 12.2. The zero-order valence-electron chi connectivity index (χ0n) is 15.5. The minimum atomic E-state index is -0.00567. The maximum atomic E-state index is 12.2. The SMILES string of the molecule is COc1ccc(-c2csc(CCC(=O)NCc3ncc4ccccn34)n2)cc1. The average Bonchev–Trinajstić information content (AvgIpc) is 3.38. The van der Waals surface area contributed by atoms with Crippen molar-refractivity contribution in [3.8, 4) is 17.0 Å². The third-order valence-electron chi connectivity index (χ3n) is 4.46. The summed E-state index contributed by atoms with van der Waals surface area (Å²) >= 11 is 1.58. The van der Waals surface area contributed by atoms with Crippen LogP contribution in [0.15, 0.2) is 60.2 Å². The molecule has 0 aliphatic carbocycles. The number of nitrogens with zero attached hydrogens (tertiary/aromatic N) is 3. The van der Waals surface area contributed by atoms with Crippen LogP contribution in [0.3, 0.4) is 0 Å². The number of ether oxygens (including phenoxy) is 1. The Kier molecular flexibility index (Phi) is 5.34. The van der Waals surface area contributed by atoms with Gasteiger partial charge in [0.1, 0.15) is 11.6 Å². The topological polar surface area (TPSA) is 68.5 Å². The number of pyridine rings is 1. The second-order valence-corrected chi connectivity index (χ2v) is 7.24. The molecule has 0 saturated heterocycles. The first-order valence-corrected chi connectivity index (χ1v) is 9.87. The van der Waals surface area contributed by atoms with Crippen molar-refractivity contribution in [2.45, 2.75) is 19.4 Å². The van der Waals surface area contributed by atoms with E-state index in [2.05, 4.69) is 15.3 Å². The van der Waals surface area contributed by atoms with Gasteiger partial charge in [-0.2, -0.15) is 0 Å². The van der Waals surface area contributed by atoms with E-state index >= 15 is 0 Å². The Bertz CT molecular complexity index is 1090.